The van der Waals surface area contributed by atoms with Gasteiger partial charge in [-0.2, -0.15) is 0 Å². The molecule has 0 unspecified atom stereocenters. The molecule has 5 nitrogen and oxygen atoms in total. The minimum Gasteiger partial charge on any atom is -0.466 e. The van der Waals surface area contributed by atoms with Crippen LogP contribution in [0.15, 0.2) is 36.4 Å². The Bertz CT molecular complexity index is 448. The van der Waals surface area contributed by atoms with Gasteiger partial charge in [0, 0.05) is 7.11 Å². The Kier molecular flexibility index (Phi) is 5.26. The van der Waals surface area contributed by atoms with Gasteiger partial charge in [-0.25, -0.2) is 9.59 Å². The van der Waals surface area contributed by atoms with Crippen molar-refractivity contribution in [1.29, 1.82) is 0 Å². The van der Waals surface area contributed by atoms with Crippen molar-refractivity contribution in [2.45, 2.75) is 5.60 Å². The number of hydrogen-bond acceptors (Lipinski definition) is 5. The molecule has 0 aliphatic heterocycles. The number of methoxy groups -OCH3 is 3. The van der Waals surface area contributed by atoms with Crippen molar-refractivity contribution in [3.05, 3.63) is 42.0 Å². The third-order valence-corrected chi connectivity index (χ3v) is 2.61. The Labute approximate surface area is 111 Å². The number of ether oxygens (including phenoxy) is 3. The number of benzene rings is 1. The molecule has 0 radical (unpaired) electrons. The molecule has 1 rings (SSSR count). The molecule has 0 aromatic heterocycles. The molecule has 102 valence electrons. The van der Waals surface area contributed by atoms with Gasteiger partial charge in [0.2, 0.25) is 0 Å². The smallest absolute Gasteiger partial charge is 0.354 e. The summed E-state index contributed by atoms with van der Waals surface area (Å²) in [5.41, 5.74) is -1.07. The largest absolute Gasteiger partial charge is 0.466 e. The van der Waals surface area contributed by atoms with Gasteiger partial charge in [0.05, 0.1) is 14.2 Å². The van der Waals surface area contributed by atoms with Crippen LogP contribution >= 0.6 is 0 Å². The van der Waals surface area contributed by atoms with E-state index in [0.717, 1.165) is 5.56 Å². The molecule has 1 aromatic rings. The highest BCUT2D eigenvalue weighted by Gasteiger charge is 2.47. The van der Waals surface area contributed by atoms with Crippen molar-refractivity contribution in [2.75, 3.05) is 21.3 Å². The van der Waals surface area contributed by atoms with Crippen LogP contribution in [-0.4, -0.2) is 38.9 Å². The summed E-state index contributed by atoms with van der Waals surface area (Å²) < 4.78 is 14.2. The molecule has 0 aliphatic rings. The lowest BCUT2D eigenvalue weighted by molar-refractivity contribution is -0.177. The summed E-state index contributed by atoms with van der Waals surface area (Å²) in [6, 6.07) is 9.19. The molecular weight excluding hydrogens is 248 g/mol. The van der Waals surface area contributed by atoms with Crippen LogP contribution < -0.4 is 0 Å². The fourth-order valence-electron chi connectivity index (χ4n) is 1.54. The fraction of sp³-hybridized carbons (Fsp3) is 0.286. The molecule has 0 atom stereocenters. The second-order valence-corrected chi connectivity index (χ2v) is 3.67. The normalized spacial score (nSPS) is 11.3. The van der Waals surface area contributed by atoms with Gasteiger partial charge in [-0.1, -0.05) is 36.4 Å². The van der Waals surface area contributed by atoms with Crippen LogP contribution in [0.2, 0.25) is 0 Å². The Balaban J connectivity index is 3.14. The van der Waals surface area contributed by atoms with E-state index in [1.54, 1.807) is 6.08 Å². The van der Waals surface area contributed by atoms with Crippen molar-refractivity contribution < 1.29 is 23.8 Å². The Morgan fingerprint density at radius 2 is 1.53 bits per heavy atom. The average Bonchev–Trinajstić information content (AvgIpc) is 2.48. The van der Waals surface area contributed by atoms with Crippen molar-refractivity contribution >= 4 is 18.0 Å². The molecule has 0 bridgehead atoms. The van der Waals surface area contributed by atoms with E-state index in [2.05, 4.69) is 9.47 Å². The minimum absolute atomic E-state index is 0.816. The third-order valence-electron chi connectivity index (χ3n) is 2.61. The summed E-state index contributed by atoms with van der Waals surface area (Å²) in [5, 5.41) is 0. The highest BCUT2D eigenvalue weighted by atomic mass is 16.6. The number of hydrogen-bond donors (Lipinski definition) is 0. The van der Waals surface area contributed by atoms with Gasteiger partial charge < -0.3 is 14.2 Å². The van der Waals surface area contributed by atoms with Gasteiger partial charge in [-0.05, 0) is 11.6 Å². The Hall–Kier alpha value is -2.14. The first-order valence-electron chi connectivity index (χ1n) is 5.57. The summed E-state index contributed by atoms with van der Waals surface area (Å²) in [6.07, 6.45) is 2.91. The second-order valence-electron chi connectivity index (χ2n) is 3.67. The molecule has 0 aliphatic carbocycles. The zero-order valence-electron chi connectivity index (χ0n) is 11.1. The SMILES string of the molecule is COC(=O)C(C=Cc1ccccc1)(OC)C(=O)OC. The van der Waals surface area contributed by atoms with Gasteiger partial charge in [0.25, 0.3) is 5.60 Å². The molecule has 0 spiro atoms. The van der Waals surface area contributed by atoms with E-state index >= 15 is 0 Å². The van der Waals surface area contributed by atoms with Crippen LogP contribution in [0.4, 0.5) is 0 Å². The first-order chi connectivity index (χ1) is 9.10. The summed E-state index contributed by atoms with van der Waals surface area (Å²) in [7, 11) is 3.59. The topological polar surface area (TPSA) is 61.8 Å². The molecule has 0 saturated heterocycles. The van der Waals surface area contributed by atoms with E-state index in [1.165, 1.54) is 27.4 Å². The predicted molar refractivity (Wildman–Crippen MR) is 69.2 cm³/mol. The molecule has 0 heterocycles. The molecule has 19 heavy (non-hydrogen) atoms. The van der Waals surface area contributed by atoms with Crippen molar-refractivity contribution in [3.8, 4) is 0 Å². The van der Waals surface area contributed by atoms with E-state index in [9.17, 15) is 9.59 Å². The third kappa shape index (κ3) is 3.20. The standard InChI is InChI=1S/C14H16O5/c1-17-12(15)14(19-3,13(16)18-2)10-9-11-7-5-4-6-8-11/h4-10H,1-3H3. The van der Waals surface area contributed by atoms with Crippen LogP contribution in [0.3, 0.4) is 0 Å². The summed E-state index contributed by atoms with van der Waals surface area (Å²) in [4.78, 5) is 23.6. The highest BCUT2D eigenvalue weighted by molar-refractivity contribution is 6.06. The van der Waals surface area contributed by atoms with Crippen molar-refractivity contribution in [1.82, 2.24) is 0 Å². The monoisotopic (exact) mass is 264 g/mol. The maximum absolute atomic E-state index is 11.8. The molecule has 0 amide bonds. The van der Waals surface area contributed by atoms with Gasteiger partial charge >= 0.3 is 11.9 Å². The van der Waals surface area contributed by atoms with Crippen LogP contribution in [0.1, 0.15) is 5.56 Å². The summed E-state index contributed by atoms with van der Waals surface area (Å²) in [5.74, 6) is -1.68. The lowest BCUT2D eigenvalue weighted by Crippen LogP contribution is -2.48. The van der Waals surface area contributed by atoms with Crippen LogP contribution in [0.5, 0.6) is 0 Å². The molecule has 0 fully saturated rings. The van der Waals surface area contributed by atoms with Crippen LogP contribution in [0.25, 0.3) is 6.08 Å². The van der Waals surface area contributed by atoms with E-state index in [-0.39, 0.29) is 0 Å². The second kappa shape index (κ2) is 6.70. The zero-order chi connectivity index (χ0) is 14.3. The first kappa shape index (κ1) is 14.9. The van der Waals surface area contributed by atoms with Crippen molar-refractivity contribution in [3.63, 3.8) is 0 Å². The maximum Gasteiger partial charge on any atom is 0.354 e. The average molecular weight is 264 g/mol. The van der Waals surface area contributed by atoms with Gasteiger partial charge in [0.15, 0.2) is 0 Å². The Morgan fingerprint density at radius 3 is 1.95 bits per heavy atom. The summed E-state index contributed by atoms with van der Waals surface area (Å²) in [6.45, 7) is 0. The lowest BCUT2D eigenvalue weighted by atomic mass is 10.0. The molecule has 0 saturated carbocycles. The maximum atomic E-state index is 11.8. The number of rotatable bonds is 5. The molecule has 0 N–H and O–H groups in total. The number of carbonyl (C=O) groups is 2. The Morgan fingerprint density at radius 1 is 1.00 bits per heavy atom. The van der Waals surface area contributed by atoms with Crippen LogP contribution in [-0.2, 0) is 23.8 Å². The summed E-state index contributed by atoms with van der Waals surface area (Å²) >= 11 is 0. The quantitative estimate of drug-likeness (QED) is 0.594. The first-order valence-corrected chi connectivity index (χ1v) is 5.57. The van der Waals surface area contributed by atoms with E-state index in [4.69, 9.17) is 4.74 Å². The zero-order valence-corrected chi connectivity index (χ0v) is 11.1. The van der Waals surface area contributed by atoms with Gasteiger partial charge in [0.1, 0.15) is 0 Å². The van der Waals surface area contributed by atoms with E-state index in [0.29, 0.717) is 0 Å². The predicted octanol–water partition coefficient (Wildman–Crippen LogP) is 1.43. The lowest BCUT2D eigenvalue weighted by Gasteiger charge is -2.23. The fourth-order valence-corrected chi connectivity index (χ4v) is 1.54. The van der Waals surface area contributed by atoms with Crippen LogP contribution in [0, 0.1) is 0 Å². The molecular formula is C14H16O5. The van der Waals surface area contributed by atoms with Crippen molar-refractivity contribution in [2.24, 2.45) is 0 Å². The molecule has 1 aromatic carbocycles. The molecule has 5 heteroatoms. The number of esters is 2. The van der Waals surface area contributed by atoms with E-state index < -0.39 is 17.5 Å². The highest BCUT2D eigenvalue weighted by Crippen LogP contribution is 2.18. The minimum atomic E-state index is -1.89. The van der Waals surface area contributed by atoms with E-state index in [1.807, 2.05) is 30.3 Å². The van der Waals surface area contributed by atoms with Gasteiger partial charge in [-0.3, -0.25) is 0 Å². The van der Waals surface area contributed by atoms with Gasteiger partial charge in [-0.15, -0.1) is 0 Å². The number of carbonyl (C=O) groups excluding carboxylic acids is 2.